The Bertz CT molecular complexity index is 1040. The number of rotatable bonds is 3. The van der Waals surface area contributed by atoms with E-state index >= 15 is 0 Å². The van der Waals surface area contributed by atoms with Gasteiger partial charge in [0.05, 0.1) is 5.56 Å². The molecule has 1 aromatic carbocycles. The summed E-state index contributed by atoms with van der Waals surface area (Å²) in [6.45, 7) is 0.589. The number of pyridine rings is 1. The summed E-state index contributed by atoms with van der Waals surface area (Å²) < 4.78 is 66.4. The highest BCUT2D eigenvalue weighted by Crippen LogP contribution is 2.40. The number of amides is 3. The summed E-state index contributed by atoms with van der Waals surface area (Å²) in [5, 5.41) is 3.07. The summed E-state index contributed by atoms with van der Waals surface area (Å²) >= 11 is 0. The van der Waals surface area contributed by atoms with E-state index in [0.717, 1.165) is 24.4 Å². The number of imide groups is 1. The van der Waals surface area contributed by atoms with Gasteiger partial charge in [-0.15, -0.1) is 12.4 Å². The standard InChI is InChI=1S/C20H17F5N4O2.ClH/c21-14-2-1-12(9-15(14)22)11-28-18(31)29(17(30)19(28)4-7-26-8-5-19)16-10-13(3-6-27-16)20(23,24)25;/h1-3,6,9-10,26H,4-5,7-8,11H2;1H. The van der Waals surface area contributed by atoms with Crippen molar-refractivity contribution in [3.8, 4) is 0 Å². The van der Waals surface area contributed by atoms with Crippen LogP contribution in [0.2, 0.25) is 0 Å². The van der Waals surface area contributed by atoms with Crippen molar-refractivity contribution in [1.29, 1.82) is 0 Å². The third-order valence-electron chi connectivity index (χ3n) is 5.60. The molecule has 172 valence electrons. The molecular formula is C20H18ClF5N4O2. The first-order valence-corrected chi connectivity index (χ1v) is 9.47. The van der Waals surface area contributed by atoms with Gasteiger partial charge in [0.1, 0.15) is 11.4 Å². The highest BCUT2D eigenvalue weighted by molar-refractivity contribution is 6.22. The monoisotopic (exact) mass is 476 g/mol. The van der Waals surface area contributed by atoms with Crippen molar-refractivity contribution in [2.45, 2.75) is 31.1 Å². The predicted molar refractivity (Wildman–Crippen MR) is 106 cm³/mol. The van der Waals surface area contributed by atoms with Crippen molar-refractivity contribution >= 4 is 30.2 Å². The summed E-state index contributed by atoms with van der Waals surface area (Å²) in [4.78, 5) is 32.3. The fraction of sp³-hybridized carbons (Fsp3) is 0.350. The Kier molecular flexibility index (Phi) is 6.43. The van der Waals surface area contributed by atoms with Crippen molar-refractivity contribution in [3.05, 3.63) is 59.3 Å². The van der Waals surface area contributed by atoms with E-state index < -0.39 is 46.7 Å². The van der Waals surface area contributed by atoms with Gasteiger partial charge in [-0.1, -0.05) is 6.07 Å². The number of anilines is 1. The summed E-state index contributed by atoms with van der Waals surface area (Å²) in [5.41, 5.74) is -2.11. The number of halogens is 6. The van der Waals surface area contributed by atoms with E-state index in [1.165, 1.54) is 11.0 Å². The van der Waals surface area contributed by atoms with Crippen LogP contribution >= 0.6 is 12.4 Å². The zero-order valence-electron chi connectivity index (χ0n) is 16.5. The van der Waals surface area contributed by atoms with E-state index in [9.17, 15) is 31.5 Å². The Morgan fingerprint density at radius 3 is 2.34 bits per heavy atom. The van der Waals surface area contributed by atoms with E-state index in [0.29, 0.717) is 24.1 Å². The number of alkyl halides is 3. The molecule has 2 aliphatic rings. The predicted octanol–water partition coefficient (Wildman–Crippen LogP) is 3.89. The number of carbonyl (C=O) groups is 2. The van der Waals surface area contributed by atoms with Gasteiger partial charge < -0.3 is 10.2 Å². The maximum Gasteiger partial charge on any atom is 0.416 e. The molecule has 1 N–H and O–H groups in total. The molecule has 1 spiro atoms. The minimum absolute atomic E-state index is 0. The van der Waals surface area contributed by atoms with Crippen LogP contribution in [-0.4, -0.2) is 40.5 Å². The molecule has 2 aliphatic heterocycles. The van der Waals surface area contributed by atoms with Gasteiger partial charge in [0.25, 0.3) is 5.91 Å². The molecule has 0 saturated carbocycles. The third-order valence-corrected chi connectivity index (χ3v) is 5.60. The molecule has 0 atom stereocenters. The quantitative estimate of drug-likeness (QED) is 0.539. The average molecular weight is 477 g/mol. The minimum atomic E-state index is -4.68. The number of nitrogens with one attached hydrogen (secondary N) is 1. The van der Waals surface area contributed by atoms with Gasteiger partial charge in [0, 0.05) is 12.7 Å². The molecule has 3 amide bonds. The highest BCUT2D eigenvalue weighted by atomic mass is 35.5. The average Bonchev–Trinajstić information content (AvgIpc) is 2.92. The lowest BCUT2D eigenvalue weighted by Gasteiger charge is -2.38. The Hall–Kier alpha value is -2.79. The normalized spacial score (nSPS) is 18.3. The first-order valence-electron chi connectivity index (χ1n) is 9.47. The third kappa shape index (κ3) is 4.02. The van der Waals surface area contributed by atoms with E-state index in [4.69, 9.17) is 0 Å². The molecule has 3 heterocycles. The maximum atomic E-state index is 13.7. The SMILES string of the molecule is Cl.O=C1N(c2cc(C(F)(F)F)ccn2)C(=O)C2(CCNCC2)N1Cc1ccc(F)c(F)c1. The number of piperidine rings is 1. The van der Waals surface area contributed by atoms with Crippen molar-refractivity contribution < 1.29 is 31.5 Å². The van der Waals surface area contributed by atoms with Crippen LogP contribution < -0.4 is 10.2 Å². The van der Waals surface area contributed by atoms with Gasteiger partial charge in [-0.3, -0.25) is 4.79 Å². The molecule has 0 radical (unpaired) electrons. The molecule has 6 nitrogen and oxygen atoms in total. The lowest BCUT2D eigenvalue weighted by molar-refractivity contribution is -0.137. The Morgan fingerprint density at radius 1 is 1.03 bits per heavy atom. The van der Waals surface area contributed by atoms with Crippen LogP contribution in [0.5, 0.6) is 0 Å². The van der Waals surface area contributed by atoms with Crippen LogP contribution in [0.25, 0.3) is 0 Å². The number of urea groups is 1. The van der Waals surface area contributed by atoms with Crippen LogP contribution in [0.1, 0.15) is 24.0 Å². The fourth-order valence-corrected chi connectivity index (χ4v) is 4.00. The molecule has 2 saturated heterocycles. The summed E-state index contributed by atoms with van der Waals surface area (Å²) in [7, 11) is 0. The molecule has 0 aliphatic carbocycles. The largest absolute Gasteiger partial charge is 0.416 e. The number of carbonyl (C=O) groups excluding carboxylic acids is 2. The second-order valence-electron chi connectivity index (χ2n) is 7.44. The number of benzene rings is 1. The topological polar surface area (TPSA) is 65.5 Å². The molecule has 2 aromatic rings. The van der Waals surface area contributed by atoms with E-state index in [-0.39, 0.29) is 37.4 Å². The second-order valence-corrected chi connectivity index (χ2v) is 7.44. The van der Waals surface area contributed by atoms with Crippen LogP contribution in [-0.2, 0) is 17.5 Å². The van der Waals surface area contributed by atoms with E-state index in [1.807, 2.05) is 0 Å². The molecule has 0 unspecified atom stereocenters. The fourth-order valence-electron chi connectivity index (χ4n) is 4.00. The van der Waals surface area contributed by atoms with Gasteiger partial charge in [-0.25, -0.2) is 23.5 Å². The zero-order chi connectivity index (χ0) is 22.4. The number of hydrogen-bond acceptors (Lipinski definition) is 4. The first kappa shape index (κ1) is 23.9. The molecule has 0 bridgehead atoms. The van der Waals surface area contributed by atoms with Crippen molar-refractivity contribution in [3.63, 3.8) is 0 Å². The molecule has 1 aromatic heterocycles. The molecular weight excluding hydrogens is 459 g/mol. The van der Waals surface area contributed by atoms with E-state index in [1.54, 1.807) is 0 Å². The van der Waals surface area contributed by atoms with Crippen molar-refractivity contribution in [1.82, 2.24) is 15.2 Å². The van der Waals surface area contributed by atoms with Crippen LogP contribution in [0, 0.1) is 11.6 Å². The Labute approximate surface area is 185 Å². The Balaban J connectivity index is 0.00000289. The maximum absolute atomic E-state index is 13.7. The minimum Gasteiger partial charge on any atom is -0.317 e. The zero-order valence-corrected chi connectivity index (χ0v) is 17.3. The van der Waals surface area contributed by atoms with Gasteiger partial charge >= 0.3 is 12.2 Å². The summed E-state index contributed by atoms with van der Waals surface area (Å²) in [5.74, 6) is -3.28. The van der Waals surface area contributed by atoms with Gasteiger partial charge in [-0.05, 0) is 55.8 Å². The van der Waals surface area contributed by atoms with Crippen molar-refractivity contribution in [2.24, 2.45) is 0 Å². The molecule has 2 fully saturated rings. The summed E-state index contributed by atoms with van der Waals surface area (Å²) in [6, 6.07) is 3.65. The van der Waals surface area contributed by atoms with E-state index in [2.05, 4.69) is 10.3 Å². The highest BCUT2D eigenvalue weighted by Gasteiger charge is 2.58. The number of nitrogens with zero attached hydrogens (tertiary/aromatic N) is 3. The summed E-state index contributed by atoms with van der Waals surface area (Å²) in [6.07, 6.45) is -3.36. The Morgan fingerprint density at radius 2 is 1.72 bits per heavy atom. The molecule has 4 rings (SSSR count). The van der Waals surface area contributed by atoms with Crippen LogP contribution in [0.4, 0.5) is 32.6 Å². The second kappa shape index (κ2) is 8.62. The smallest absolute Gasteiger partial charge is 0.317 e. The van der Waals surface area contributed by atoms with Crippen molar-refractivity contribution in [2.75, 3.05) is 18.0 Å². The van der Waals surface area contributed by atoms with Crippen LogP contribution in [0.15, 0.2) is 36.5 Å². The van der Waals surface area contributed by atoms with Gasteiger partial charge in [0.15, 0.2) is 11.6 Å². The van der Waals surface area contributed by atoms with Gasteiger partial charge in [-0.2, -0.15) is 13.2 Å². The van der Waals surface area contributed by atoms with Crippen LogP contribution in [0.3, 0.4) is 0 Å². The molecule has 12 heteroatoms. The lowest BCUT2D eigenvalue weighted by Crippen LogP contribution is -2.55. The number of aromatic nitrogens is 1. The number of hydrogen-bond donors (Lipinski definition) is 1. The molecule has 32 heavy (non-hydrogen) atoms. The first-order chi connectivity index (χ1) is 14.6. The lowest BCUT2D eigenvalue weighted by atomic mass is 9.86. The van der Waals surface area contributed by atoms with Gasteiger partial charge in [0.2, 0.25) is 0 Å².